The number of carbonyl (C=O) groups is 2. The van der Waals surface area contributed by atoms with E-state index in [1.54, 1.807) is 7.11 Å². The third-order valence-corrected chi connectivity index (χ3v) is 1.52. The minimum atomic E-state index is -1.05. The Bertz CT molecular complexity index is 196. The Morgan fingerprint density at radius 2 is 2.14 bits per heavy atom. The molecule has 6 heteroatoms. The largest absolute Gasteiger partial charge is 0.480 e. The molecule has 0 unspecified atom stereocenters. The van der Waals surface area contributed by atoms with Crippen LogP contribution >= 0.6 is 0 Å². The average Bonchev–Trinajstić information content (AvgIpc) is 2.12. The molecule has 0 heterocycles. The topological polar surface area (TPSA) is 87.7 Å². The summed E-state index contributed by atoms with van der Waals surface area (Å²) in [6.45, 7) is 2.59. The molecule has 0 saturated heterocycles. The lowest BCUT2D eigenvalue weighted by Gasteiger charge is -2.09. The van der Waals surface area contributed by atoms with Gasteiger partial charge in [-0.25, -0.2) is 0 Å². The monoisotopic (exact) mass is 204 g/mol. The van der Waals surface area contributed by atoms with Gasteiger partial charge in [0.25, 0.3) is 0 Å². The van der Waals surface area contributed by atoms with E-state index in [0.29, 0.717) is 13.2 Å². The van der Waals surface area contributed by atoms with E-state index < -0.39 is 12.0 Å². The zero-order valence-electron chi connectivity index (χ0n) is 8.37. The fourth-order valence-corrected chi connectivity index (χ4v) is 0.730. The number of aliphatic carboxylic acids is 1. The number of carboxylic acid groups (broad SMARTS) is 1. The molecule has 0 aliphatic heterocycles. The molecule has 0 aromatic carbocycles. The fraction of sp³-hybridized carbons (Fsp3) is 0.750. The molecule has 0 spiro atoms. The molecule has 0 saturated carbocycles. The van der Waals surface area contributed by atoms with Crippen LogP contribution in [0.4, 0.5) is 0 Å². The summed E-state index contributed by atoms with van der Waals surface area (Å²) in [6, 6.07) is -0.855. The molecule has 0 rings (SSSR count). The number of amides is 1. The standard InChI is InChI=1S/C8H16N2O4/c1-6(8(12)13)10-7(11)5-9-3-4-14-2/h6,9H,3-5H2,1-2H3,(H,10,11)(H,12,13)/t6-/m1/s1. The van der Waals surface area contributed by atoms with Crippen LogP contribution in [0.1, 0.15) is 6.92 Å². The van der Waals surface area contributed by atoms with E-state index in [2.05, 4.69) is 10.6 Å². The second kappa shape index (κ2) is 7.28. The van der Waals surface area contributed by atoms with Gasteiger partial charge in [0, 0.05) is 13.7 Å². The summed E-state index contributed by atoms with van der Waals surface area (Å²) in [5, 5.41) is 13.6. The van der Waals surface area contributed by atoms with Crippen LogP contribution < -0.4 is 10.6 Å². The quantitative estimate of drug-likeness (QED) is 0.454. The molecule has 0 aliphatic rings. The predicted octanol–water partition coefficient (Wildman–Crippen LogP) is -1.19. The highest BCUT2D eigenvalue weighted by molar-refractivity contribution is 5.84. The molecular formula is C8H16N2O4. The molecule has 14 heavy (non-hydrogen) atoms. The van der Waals surface area contributed by atoms with Crippen LogP contribution in [0.3, 0.4) is 0 Å². The first-order chi connectivity index (χ1) is 6.57. The molecule has 1 atom stereocenters. The van der Waals surface area contributed by atoms with Gasteiger partial charge in [-0.3, -0.25) is 9.59 Å². The smallest absolute Gasteiger partial charge is 0.325 e. The number of rotatable bonds is 7. The van der Waals surface area contributed by atoms with Gasteiger partial charge in [-0.2, -0.15) is 0 Å². The van der Waals surface area contributed by atoms with Crippen molar-refractivity contribution in [1.82, 2.24) is 10.6 Å². The third kappa shape index (κ3) is 6.38. The van der Waals surface area contributed by atoms with E-state index >= 15 is 0 Å². The van der Waals surface area contributed by atoms with Crippen molar-refractivity contribution < 1.29 is 19.4 Å². The third-order valence-electron chi connectivity index (χ3n) is 1.52. The van der Waals surface area contributed by atoms with Crippen molar-refractivity contribution >= 4 is 11.9 Å². The second-order valence-electron chi connectivity index (χ2n) is 2.80. The number of nitrogens with one attached hydrogen (secondary N) is 2. The first kappa shape index (κ1) is 12.9. The molecule has 0 fully saturated rings. The molecule has 0 radical (unpaired) electrons. The Morgan fingerprint density at radius 1 is 1.50 bits per heavy atom. The highest BCUT2D eigenvalue weighted by Gasteiger charge is 2.12. The zero-order chi connectivity index (χ0) is 11.0. The van der Waals surface area contributed by atoms with Gasteiger partial charge in [0.1, 0.15) is 6.04 Å². The Labute approximate surface area is 82.6 Å². The summed E-state index contributed by atoms with van der Waals surface area (Å²) in [5.74, 6) is -1.38. The van der Waals surface area contributed by atoms with Gasteiger partial charge in [-0.05, 0) is 6.92 Å². The molecule has 1 amide bonds. The van der Waals surface area contributed by atoms with Crippen LogP contribution in [0.25, 0.3) is 0 Å². The summed E-state index contributed by atoms with van der Waals surface area (Å²) >= 11 is 0. The molecule has 82 valence electrons. The Balaban J connectivity index is 3.50. The summed E-state index contributed by atoms with van der Waals surface area (Å²) in [7, 11) is 1.56. The van der Waals surface area contributed by atoms with Crippen LogP contribution in [-0.2, 0) is 14.3 Å². The maximum absolute atomic E-state index is 11.0. The number of ether oxygens (including phenoxy) is 1. The molecule has 0 aromatic rings. The Morgan fingerprint density at radius 3 is 2.64 bits per heavy atom. The lowest BCUT2D eigenvalue weighted by atomic mass is 10.3. The number of carboxylic acids is 1. The van der Waals surface area contributed by atoms with Crippen LogP contribution in [0.2, 0.25) is 0 Å². The van der Waals surface area contributed by atoms with E-state index in [0.717, 1.165) is 0 Å². The van der Waals surface area contributed by atoms with Gasteiger partial charge >= 0.3 is 5.97 Å². The first-order valence-corrected chi connectivity index (χ1v) is 4.29. The molecule has 0 aliphatic carbocycles. The van der Waals surface area contributed by atoms with Gasteiger partial charge < -0.3 is 20.5 Å². The van der Waals surface area contributed by atoms with Gasteiger partial charge in [0.05, 0.1) is 13.2 Å². The number of hydrogen-bond donors (Lipinski definition) is 3. The SMILES string of the molecule is COCCNCC(=O)N[C@H](C)C(=O)O. The van der Waals surface area contributed by atoms with Crippen molar-refractivity contribution in [2.75, 3.05) is 26.8 Å². The van der Waals surface area contributed by atoms with Crippen molar-refractivity contribution in [3.8, 4) is 0 Å². The normalized spacial score (nSPS) is 12.1. The molecule has 3 N–H and O–H groups in total. The van der Waals surface area contributed by atoms with Crippen LogP contribution in [-0.4, -0.2) is 49.8 Å². The zero-order valence-corrected chi connectivity index (χ0v) is 8.37. The summed E-state index contributed by atoms with van der Waals surface area (Å²) in [5.41, 5.74) is 0. The highest BCUT2D eigenvalue weighted by atomic mass is 16.5. The maximum atomic E-state index is 11.0. The van der Waals surface area contributed by atoms with E-state index in [-0.39, 0.29) is 12.5 Å². The van der Waals surface area contributed by atoms with Crippen LogP contribution in [0.15, 0.2) is 0 Å². The van der Waals surface area contributed by atoms with Crippen molar-refractivity contribution in [2.45, 2.75) is 13.0 Å². The fourth-order valence-electron chi connectivity index (χ4n) is 0.730. The number of methoxy groups -OCH3 is 1. The van der Waals surface area contributed by atoms with Gasteiger partial charge in [-0.1, -0.05) is 0 Å². The first-order valence-electron chi connectivity index (χ1n) is 4.29. The lowest BCUT2D eigenvalue weighted by molar-refractivity contribution is -0.141. The summed E-state index contributed by atoms with van der Waals surface area (Å²) < 4.78 is 4.75. The summed E-state index contributed by atoms with van der Waals surface area (Å²) in [4.78, 5) is 21.4. The van der Waals surface area contributed by atoms with E-state index in [4.69, 9.17) is 9.84 Å². The molecule has 6 nitrogen and oxygen atoms in total. The summed E-state index contributed by atoms with van der Waals surface area (Å²) in [6.07, 6.45) is 0. The van der Waals surface area contributed by atoms with Crippen molar-refractivity contribution in [1.29, 1.82) is 0 Å². The van der Waals surface area contributed by atoms with Gasteiger partial charge in [0.2, 0.25) is 5.91 Å². The van der Waals surface area contributed by atoms with E-state index in [9.17, 15) is 9.59 Å². The number of carbonyl (C=O) groups excluding carboxylic acids is 1. The van der Waals surface area contributed by atoms with E-state index in [1.165, 1.54) is 6.92 Å². The molecular weight excluding hydrogens is 188 g/mol. The van der Waals surface area contributed by atoms with Gasteiger partial charge in [-0.15, -0.1) is 0 Å². The second-order valence-corrected chi connectivity index (χ2v) is 2.80. The minimum Gasteiger partial charge on any atom is -0.480 e. The Kier molecular flexibility index (Phi) is 6.69. The minimum absolute atomic E-state index is 0.0982. The average molecular weight is 204 g/mol. The number of hydrogen-bond acceptors (Lipinski definition) is 4. The molecule has 0 bridgehead atoms. The van der Waals surface area contributed by atoms with Crippen molar-refractivity contribution in [2.24, 2.45) is 0 Å². The maximum Gasteiger partial charge on any atom is 0.325 e. The van der Waals surface area contributed by atoms with Crippen molar-refractivity contribution in [3.05, 3.63) is 0 Å². The molecule has 0 aromatic heterocycles. The Hall–Kier alpha value is -1.14. The van der Waals surface area contributed by atoms with Crippen LogP contribution in [0.5, 0.6) is 0 Å². The highest BCUT2D eigenvalue weighted by Crippen LogP contribution is 1.80. The van der Waals surface area contributed by atoms with Crippen LogP contribution in [0, 0.1) is 0 Å². The van der Waals surface area contributed by atoms with Crippen molar-refractivity contribution in [3.63, 3.8) is 0 Å². The van der Waals surface area contributed by atoms with E-state index in [1.807, 2.05) is 0 Å². The lowest BCUT2D eigenvalue weighted by Crippen LogP contribution is -2.43. The predicted molar refractivity (Wildman–Crippen MR) is 50.0 cm³/mol. The van der Waals surface area contributed by atoms with Gasteiger partial charge in [0.15, 0.2) is 0 Å².